The maximum absolute atomic E-state index is 12.0. The van der Waals surface area contributed by atoms with Gasteiger partial charge in [0.25, 0.3) is 5.91 Å². The quantitative estimate of drug-likeness (QED) is 0.784. The molecule has 6 heteroatoms. The largest absolute Gasteiger partial charge is 0.351 e. The molecule has 4 rings (SSSR count). The van der Waals surface area contributed by atoms with Gasteiger partial charge in [-0.15, -0.1) is 0 Å². The first kappa shape index (κ1) is 12.8. The van der Waals surface area contributed by atoms with Crippen LogP contribution in [0.4, 0.5) is 0 Å². The van der Waals surface area contributed by atoms with Crippen molar-refractivity contribution in [2.24, 2.45) is 0 Å². The van der Waals surface area contributed by atoms with Crippen LogP contribution in [-0.2, 0) is 6.54 Å². The molecule has 0 spiro atoms. The normalized spacial score (nSPS) is 14.3. The van der Waals surface area contributed by atoms with E-state index >= 15 is 0 Å². The van der Waals surface area contributed by atoms with E-state index in [-0.39, 0.29) is 5.91 Å². The summed E-state index contributed by atoms with van der Waals surface area (Å²) in [6.07, 6.45) is 6.55. The van der Waals surface area contributed by atoms with Gasteiger partial charge in [0.2, 0.25) is 0 Å². The first-order valence-corrected chi connectivity index (χ1v) is 7.27. The summed E-state index contributed by atoms with van der Waals surface area (Å²) >= 11 is 0. The second-order valence-corrected chi connectivity index (χ2v) is 5.24. The molecule has 0 aliphatic carbocycles. The number of nitrogens with one attached hydrogen (secondary N) is 1. The Morgan fingerprint density at radius 3 is 2.91 bits per heavy atom. The average molecular weight is 293 g/mol. The molecule has 1 aliphatic rings. The maximum Gasteiger partial charge on any atom is 0.269 e. The number of amides is 1. The van der Waals surface area contributed by atoms with Crippen LogP contribution in [0.25, 0.3) is 17.1 Å². The highest BCUT2D eigenvalue weighted by molar-refractivity contribution is 5.93. The summed E-state index contributed by atoms with van der Waals surface area (Å²) in [6, 6.07) is 9.64. The highest BCUT2D eigenvalue weighted by Crippen LogP contribution is 2.22. The fourth-order valence-electron chi connectivity index (χ4n) is 2.64. The molecule has 1 aliphatic heterocycles. The summed E-state index contributed by atoms with van der Waals surface area (Å²) in [7, 11) is 0. The Labute approximate surface area is 127 Å². The number of fused-ring (bicyclic) bond motifs is 1. The van der Waals surface area contributed by atoms with Crippen LogP contribution in [0, 0.1) is 0 Å². The Morgan fingerprint density at radius 1 is 1.18 bits per heavy atom. The van der Waals surface area contributed by atoms with Gasteiger partial charge in [0.05, 0.1) is 5.69 Å². The number of carbonyl (C=O) groups excluding carboxylic acids is 1. The first-order chi connectivity index (χ1) is 10.8. The second-order valence-electron chi connectivity index (χ2n) is 5.24. The van der Waals surface area contributed by atoms with Crippen LogP contribution in [-0.4, -0.2) is 31.8 Å². The lowest BCUT2D eigenvalue weighted by atomic mass is 10.2. The van der Waals surface area contributed by atoms with Crippen LogP contribution in [0.3, 0.4) is 0 Å². The third-order valence-electron chi connectivity index (χ3n) is 3.76. The van der Waals surface area contributed by atoms with E-state index in [4.69, 9.17) is 0 Å². The van der Waals surface area contributed by atoms with Crippen LogP contribution in [0.1, 0.15) is 16.9 Å². The van der Waals surface area contributed by atoms with Crippen molar-refractivity contribution < 1.29 is 4.79 Å². The lowest BCUT2D eigenvalue weighted by Crippen LogP contribution is -2.22. The van der Waals surface area contributed by atoms with Gasteiger partial charge >= 0.3 is 0 Å². The van der Waals surface area contributed by atoms with Crippen molar-refractivity contribution in [3.63, 3.8) is 0 Å². The van der Waals surface area contributed by atoms with E-state index in [1.807, 2.05) is 47.3 Å². The maximum atomic E-state index is 12.0. The van der Waals surface area contributed by atoms with Crippen LogP contribution < -0.4 is 5.32 Å². The number of rotatable bonds is 2. The topological polar surface area (TPSA) is 64.7 Å². The zero-order valence-electron chi connectivity index (χ0n) is 11.9. The Morgan fingerprint density at radius 2 is 2.05 bits per heavy atom. The molecule has 0 radical (unpaired) electrons. The predicted octanol–water partition coefficient (Wildman–Crippen LogP) is 1.87. The molecule has 0 unspecified atom stereocenters. The third-order valence-corrected chi connectivity index (χ3v) is 3.76. The Balaban J connectivity index is 1.75. The molecule has 110 valence electrons. The van der Waals surface area contributed by atoms with Gasteiger partial charge in [-0.05, 0) is 36.8 Å². The zero-order chi connectivity index (χ0) is 14.9. The molecule has 0 saturated heterocycles. The van der Waals surface area contributed by atoms with Crippen molar-refractivity contribution in [3.05, 3.63) is 54.6 Å². The van der Waals surface area contributed by atoms with Crippen LogP contribution in [0.5, 0.6) is 0 Å². The van der Waals surface area contributed by atoms with E-state index in [0.29, 0.717) is 12.2 Å². The zero-order valence-corrected chi connectivity index (χ0v) is 11.9. The minimum atomic E-state index is -0.0593. The molecule has 1 amide bonds. The second kappa shape index (κ2) is 5.14. The SMILES string of the molecule is O=C1NCCCn2nc(-c3ccnc(-n4cccc4)c3)cc21. The van der Waals surface area contributed by atoms with Crippen molar-refractivity contribution in [2.45, 2.75) is 13.0 Å². The molecule has 6 nitrogen and oxygen atoms in total. The van der Waals surface area contributed by atoms with Crippen molar-refractivity contribution in [3.8, 4) is 17.1 Å². The van der Waals surface area contributed by atoms with Gasteiger partial charge in [-0.1, -0.05) is 0 Å². The summed E-state index contributed by atoms with van der Waals surface area (Å²) in [6.45, 7) is 1.45. The number of carbonyl (C=O) groups is 1. The molecule has 0 aromatic carbocycles. The van der Waals surface area contributed by atoms with Gasteiger partial charge in [0.15, 0.2) is 0 Å². The molecule has 1 N–H and O–H groups in total. The molecular weight excluding hydrogens is 278 g/mol. The van der Waals surface area contributed by atoms with E-state index in [1.54, 1.807) is 10.9 Å². The lowest BCUT2D eigenvalue weighted by molar-refractivity contribution is 0.0950. The Hall–Kier alpha value is -2.89. The van der Waals surface area contributed by atoms with Gasteiger partial charge in [-0.2, -0.15) is 5.10 Å². The Kier molecular flexibility index (Phi) is 3.00. The molecule has 0 atom stereocenters. The fraction of sp³-hybridized carbons (Fsp3) is 0.188. The monoisotopic (exact) mass is 293 g/mol. The van der Waals surface area contributed by atoms with Crippen molar-refractivity contribution >= 4 is 5.91 Å². The van der Waals surface area contributed by atoms with E-state index in [1.165, 1.54) is 0 Å². The number of hydrogen-bond acceptors (Lipinski definition) is 3. The number of pyridine rings is 1. The van der Waals surface area contributed by atoms with Gasteiger partial charge in [0.1, 0.15) is 11.5 Å². The average Bonchev–Trinajstić information content (AvgIpc) is 3.19. The standard InChI is InChI=1S/C16H15N5O/c22-16-14-11-13(19-21(14)9-3-5-18-16)12-4-6-17-15(10-12)20-7-1-2-8-20/h1-2,4,6-8,10-11H,3,5,9H2,(H,18,22). The highest BCUT2D eigenvalue weighted by atomic mass is 16.2. The van der Waals surface area contributed by atoms with Crippen molar-refractivity contribution in [2.75, 3.05) is 6.54 Å². The highest BCUT2D eigenvalue weighted by Gasteiger charge is 2.18. The summed E-state index contributed by atoms with van der Waals surface area (Å²) in [5.41, 5.74) is 2.36. The number of aryl methyl sites for hydroxylation is 1. The van der Waals surface area contributed by atoms with Crippen LogP contribution >= 0.6 is 0 Å². The minimum absolute atomic E-state index is 0.0593. The molecular formula is C16H15N5O. The van der Waals surface area contributed by atoms with E-state index < -0.39 is 0 Å². The van der Waals surface area contributed by atoms with E-state index in [9.17, 15) is 4.79 Å². The van der Waals surface area contributed by atoms with E-state index in [2.05, 4.69) is 15.4 Å². The fourth-order valence-corrected chi connectivity index (χ4v) is 2.64. The molecule has 3 aromatic heterocycles. The summed E-state index contributed by atoms with van der Waals surface area (Å²) in [5.74, 6) is 0.770. The third kappa shape index (κ3) is 2.18. The minimum Gasteiger partial charge on any atom is -0.351 e. The molecule has 0 saturated carbocycles. The molecule has 22 heavy (non-hydrogen) atoms. The van der Waals surface area contributed by atoms with Crippen LogP contribution in [0.2, 0.25) is 0 Å². The van der Waals surface area contributed by atoms with Gasteiger partial charge in [-0.3, -0.25) is 9.48 Å². The predicted molar refractivity (Wildman–Crippen MR) is 81.7 cm³/mol. The molecule has 3 aromatic rings. The molecule has 0 fully saturated rings. The van der Waals surface area contributed by atoms with Crippen molar-refractivity contribution in [1.29, 1.82) is 0 Å². The van der Waals surface area contributed by atoms with Crippen molar-refractivity contribution in [1.82, 2.24) is 24.6 Å². The Bertz CT molecular complexity index is 819. The summed E-state index contributed by atoms with van der Waals surface area (Å²) in [4.78, 5) is 16.4. The van der Waals surface area contributed by atoms with Gasteiger partial charge in [0, 0.05) is 37.2 Å². The van der Waals surface area contributed by atoms with Crippen LogP contribution in [0.15, 0.2) is 48.9 Å². The van der Waals surface area contributed by atoms with E-state index in [0.717, 1.165) is 30.0 Å². The number of nitrogens with zero attached hydrogens (tertiary/aromatic N) is 4. The lowest BCUT2D eigenvalue weighted by Gasteiger charge is -2.03. The summed E-state index contributed by atoms with van der Waals surface area (Å²) in [5, 5.41) is 7.46. The summed E-state index contributed by atoms with van der Waals surface area (Å²) < 4.78 is 3.73. The molecule has 0 bridgehead atoms. The number of aromatic nitrogens is 4. The molecule has 4 heterocycles. The smallest absolute Gasteiger partial charge is 0.269 e. The van der Waals surface area contributed by atoms with Gasteiger partial charge < -0.3 is 9.88 Å². The van der Waals surface area contributed by atoms with Gasteiger partial charge in [-0.25, -0.2) is 4.98 Å². The first-order valence-electron chi connectivity index (χ1n) is 7.27. The number of hydrogen-bond donors (Lipinski definition) is 1.